The zero-order valence-corrected chi connectivity index (χ0v) is 20.8. The van der Waals surface area contributed by atoms with Crippen molar-refractivity contribution in [3.05, 3.63) is 41.4 Å². The van der Waals surface area contributed by atoms with Gasteiger partial charge in [-0.2, -0.15) is 0 Å². The molecule has 2 aromatic rings. The second-order valence-electron chi connectivity index (χ2n) is 9.51. The Hall–Kier alpha value is -2.08. The van der Waals surface area contributed by atoms with Crippen LogP contribution in [0.4, 0.5) is 0 Å². The quantitative estimate of drug-likeness (QED) is 0.449. The van der Waals surface area contributed by atoms with E-state index in [1.54, 1.807) is 19.0 Å². The standard InChI is InChI=1S/C23H37N3O2Si/c1-12-13-18-19(22(27)25(8)9)14-26-17(5)16(4)24-21(26)20(18)28-29(10,11)23(6,7)15(2)3/h12,14-15H,1,13H2,2-11H3. The highest BCUT2D eigenvalue weighted by atomic mass is 28.4. The molecule has 5 nitrogen and oxygen atoms in total. The summed E-state index contributed by atoms with van der Waals surface area (Å²) in [6.07, 6.45) is 4.29. The van der Waals surface area contributed by atoms with E-state index in [-0.39, 0.29) is 10.9 Å². The van der Waals surface area contributed by atoms with E-state index in [0.29, 0.717) is 17.9 Å². The van der Waals surface area contributed by atoms with Gasteiger partial charge in [-0.05, 0) is 44.3 Å². The van der Waals surface area contributed by atoms with Gasteiger partial charge in [0.05, 0.1) is 11.3 Å². The number of allylic oxidation sites excluding steroid dienone is 1. The molecule has 6 heteroatoms. The number of carbonyl (C=O) groups excluding carboxylic acids is 1. The Balaban J connectivity index is 2.87. The van der Waals surface area contributed by atoms with Gasteiger partial charge < -0.3 is 13.7 Å². The zero-order valence-electron chi connectivity index (χ0n) is 19.8. The van der Waals surface area contributed by atoms with Crippen LogP contribution in [-0.2, 0) is 6.42 Å². The van der Waals surface area contributed by atoms with Crippen molar-refractivity contribution >= 4 is 19.9 Å². The van der Waals surface area contributed by atoms with Crippen LogP contribution in [-0.4, -0.2) is 42.6 Å². The number of amides is 1. The van der Waals surface area contributed by atoms with E-state index in [1.165, 1.54) is 0 Å². The molecule has 0 saturated heterocycles. The summed E-state index contributed by atoms with van der Waals surface area (Å²) in [6, 6.07) is 0. The molecule has 0 fully saturated rings. The summed E-state index contributed by atoms with van der Waals surface area (Å²) in [5.41, 5.74) is 4.26. The number of rotatable bonds is 7. The Kier molecular flexibility index (Phi) is 6.38. The number of aromatic nitrogens is 2. The minimum Gasteiger partial charge on any atom is -0.541 e. The molecule has 0 saturated carbocycles. The van der Waals surface area contributed by atoms with Gasteiger partial charge in [-0.3, -0.25) is 4.79 Å². The normalized spacial score (nSPS) is 12.5. The molecule has 2 heterocycles. The Morgan fingerprint density at radius 2 is 1.93 bits per heavy atom. The smallest absolute Gasteiger partial charge is 0.255 e. The maximum atomic E-state index is 13.0. The summed E-state index contributed by atoms with van der Waals surface area (Å²) in [7, 11) is 1.33. The number of imidazole rings is 1. The number of fused-ring (bicyclic) bond motifs is 1. The number of nitrogens with zero attached hydrogens (tertiary/aromatic N) is 3. The molecule has 2 aromatic heterocycles. The molecule has 0 spiro atoms. The molecule has 0 aliphatic rings. The van der Waals surface area contributed by atoms with Crippen LogP contribution in [0.2, 0.25) is 18.1 Å². The molecule has 0 aliphatic carbocycles. The van der Waals surface area contributed by atoms with Gasteiger partial charge in [-0.15, -0.1) is 6.58 Å². The molecular formula is C23H37N3O2Si. The molecule has 160 valence electrons. The van der Waals surface area contributed by atoms with E-state index < -0.39 is 8.32 Å². The maximum absolute atomic E-state index is 13.0. The van der Waals surface area contributed by atoms with Crippen LogP contribution in [0.3, 0.4) is 0 Å². The van der Waals surface area contributed by atoms with Crippen LogP contribution in [0.1, 0.15) is 55.0 Å². The van der Waals surface area contributed by atoms with E-state index in [0.717, 1.165) is 28.3 Å². The molecule has 0 N–H and O–H groups in total. The lowest BCUT2D eigenvalue weighted by molar-refractivity contribution is 0.0826. The maximum Gasteiger partial charge on any atom is 0.255 e. The van der Waals surface area contributed by atoms with Gasteiger partial charge in [0, 0.05) is 31.5 Å². The molecule has 0 bridgehead atoms. The largest absolute Gasteiger partial charge is 0.541 e. The first-order chi connectivity index (χ1) is 13.3. The van der Waals surface area contributed by atoms with E-state index in [2.05, 4.69) is 47.4 Å². The summed E-state index contributed by atoms with van der Waals surface area (Å²) >= 11 is 0. The average Bonchev–Trinajstić information content (AvgIpc) is 2.90. The van der Waals surface area contributed by atoms with Crippen molar-refractivity contribution in [1.29, 1.82) is 0 Å². The minimum absolute atomic E-state index is 0.0354. The van der Waals surface area contributed by atoms with Gasteiger partial charge in [-0.25, -0.2) is 4.98 Å². The van der Waals surface area contributed by atoms with Crippen molar-refractivity contribution in [2.45, 2.75) is 66.1 Å². The zero-order chi connectivity index (χ0) is 22.3. The van der Waals surface area contributed by atoms with Crippen LogP contribution >= 0.6 is 0 Å². The summed E-state index contributed by atoms with van der Waals surface area (Å²) in [4.78, 5) is 19.5. The average molecular weight is 416 g/mol. The molecule has 0 unspecified atom stereocenters. The fourth-order valence-electron chi connectivity index (χ4n) is 3.37. The highest BCUT2D eigenvalue weighted by molar-refractivity contribution is 6.75. The van der Waals surface area contributed by atoms with E-state index >= 15 is 0 Å². The van der Waals surface area contributed by atoms with E-state index in [4.69, 9.17) is 9.41 Å². The van der Waals surface area contributed by atoms with Gasteiger partial charge in [0.25, 0.3) is 14.2 Å². The second kappa shape index (κ2) is 7.98. The molecule has 2 rings (SSSR count). The fraction of sp³-hybridized carbons (Fsp3) is 0.565. The van der Waals surface area contributed by atoms with E-state index in [9.17, 15) is 4.79 Å². The highest BCUT2D eigenvalue weighted by Crippen LogP contribution is 2.46. The van der Waals surface area contributed by atoms with Gasteiger partial charge in [0.2, 0.25) is 0 Å². The van der Waals surface area contributed by atoms with Crippen LogP contribution in [0, 0.1) is 19.8 Å². The highest BCUT2D eigenvalue weighted by Gasteiger charge is 2.45. The van der Waals surface area contributed by atoms with E-state index in [1.807, 2.05) is 30.5 Å². The van der Waals surface area contributed by atoms with Crippen LogP contribution < -0.4 is 4.43 Å². The Labute approximate surface area is 176 Å². The monoisotopic (exact) mass is 415 g/mol. The number of hydrogen-bond donors (Lipinski definition) is 0. The number of carbonyl (C=O) groups is 1. The van der Waals surface area contributed by atoms with Gasteiger partial charge in [-0.1, -0.05) is 33.8 Å². The van der Waals surface area contributed by atoms with Crippen LogP contribution in [0.5, 0.6) is 5.75 Å². The van der Waals surface area contributed by atoms with Crippen LogP contribution in [0.25, 0.3) is 5.65 Å². The van der Waals surface area contributed by atoms with Gasteiger partial charge in [0.15, 0.2) is 11.4 Å². The molecule has 0 aliphatic heterocycles. The third-order valence-corrected chi connectivity index (χ3v) is 11.2. The molecule has 0 aromatic carbocycles. The molecule has 29 heavy (non-hydrogen) atoms. The van der Waals surface area contributed by atoms with Crippen molar-refractivity contribution in [1.82, 2.24) is 14.3 Å². The third kappa shape index (κ3) is 3.99. The number of pyridine rings is 1. The predicted octanol–water partition coefficient (Wildman–Crippen LogP) is 5.40. The Morgan fingerprint density at radius 1 is 1.34 bits per heavy atom. The van der Waals surface area contributed by atoms with Crippen molar-refractivity contribution in [3.63, 3.8) is 0 Å². The first kappa shape index (κ1) is 23.2. The Bertz CT molecular complexity index is 939. The summed E-state index contributed by atoms with van der Waals surface area (Å²) in [5.74, 6) is 1.17. The lowest BCUT2D eigenvalue weighted by atomic mass is 9.99. The summed E-state index contributed by atoms with van der Waals surface area (Å²) in [6.45, 7) is 21.5. The first-order valence-corrected chi connectivity index (χ1v) is 13.2. The van der Waals surface area contributed by atoms with Crippen LogP contribution in [0.15, 0.2) is 18.9 Å². The third-order valence-electron chi connectivity index (χ3n) is 6.78. The molecule has 0 atom stereocenters. The Morgan fingerprint density at radius 3 is 2.41 bits per heavy atom. The first-order valence-electron chi connectivity index (χ1n) is 10.3. The summed E-state index contributed by atoms with van der Waals surface area (Å²) < 4.78 is 8.90. The lowest BCUT2D eigenvalue weighted by Gasteiger charge is -2.42. The number of aryl methyl sites for hydroxylation is 2. The topological polar surface area (TPSA) is 46.8 Å². The lowest BCUT2D eigenvalue weighted by Crippen LogP contribution is -2.48. The molecular weight excluding hydrogens is 378 g/mol. The van der Waals surface area contributed by atoms with Gasteiger partial charge >= 0.3 is 0 Å². The summed E-state index contributed by atoms with van der Waals surface area (Å²) in [5, 5.41) is 0.0354. The molecule has 1 amide bonds. The molecule has 0 radical (unpaired) electrons. The minimum atomic E-state index is -2.22. The SMILES string of the molecule is C=CCc1c(C(=O)N(C)C)cn2c(C)c(C)nc2c1O[Si](C)(C)C(C)(C)C(C)C. The van der Waals surface area contributed by atoms with Crippen molar-refractivity contribution in [3.8, 4) is 5.75 Å². The fourth-order valence-corrected chi connectivity index (χ4v) is 5.75. The van der Waals surface area contributed by atoms with Crippen molar-refractivity contribution in [2.24, 2.45) is 5.92 Å². The van der Waals surface area contributed by atoms with Crippen molar-refractivity contribution in [2.75, 3.05) is 14.1 Å². The van der Waals surface area contributed by atoms with Gasteiger partial charge in [0.1, 0.15) is 0 Å². The second-order valence-corrected chi connectivity index (χ2v) is 14.0. The van der Waals surface area contributed by atoms with Crippen molar-refractivity contribution < 1.29 is 9.22 Å². The number of hydrogen-bond acceptors (Lipinski definition) is 3. The predicted molar refractivity (Wildman–Crippen MR) is 124 cm³/mol.